The Kier molecular flexibility index (Phi) is 6.61. The monoisotopic (exact) mass is 261 g/mol. The fourth-order valence-electron chi connectivity index (χ4n) is 2.53. The summed E-state index contributed by atoms with van der Waals surface area (Å²) in [6.45, 7) is 8.46. The molecule has 1 aromatic carbocycles. The Labute approximate surface area is 117 Å². The summed E-state index contributed by atoms with van der Waals surface area (Å²) in [5.74, 6) is 0.340. The molecule has 0 aromatic heterocycles. The van der Waals surface area contributed by atoms with E-state index in [2.05, 4.69) is 51.2 Å². The average molecular weight is 261 g/mol. The fraction of sp³-hybridized carbons (Fsp3) is 0.588. The van der Waals surface area contributed by atoms with Crippen molar-refractivity contribution in [1.82, 2.24) is 0 Å². The summed E-state index contributed by atoms with van der Waals surface area (Å²) in [6, 6.07) is 6.21. The topological polar surface area (TPSA) is 29.1 Å². The Hall–Kier alpha value is -1.31. The predicted octanol–water partition coefficient (Wildman–Crippen LogP) is 4.71. The molecule has 0 aliphatic heterocycles. The van der Waals surface area contributed by atoms with Crippen LogP contribution in [-0.2, 0) is 11.2 Å². The normalized spacial score (nSPS) is 10.8. The summed E-state index contributed by atoms with van der Waals surface area (Å²) in [4.78, 5) is 12.4. The predicted molar refractivity (Wildman–Crippen MR) is 82.5 cm³/mol. The third-order valence-corrected chi connectivity index (χ3v) is 3.63. The van der Waals surface area contributed by atoms with Crippen LogP contribution in [0.2, 0.25) is 0 Å². The maximum Gasteiger partial charge on any atom is 0.227 e. The summed E-state index contributed by atoms with van der Waals surface area (Å²) in [5.41, 5.74) is 3.40. The van der Waals surface area contributed by atoms with Crippen molar-refractivity contribution in [3.8, 4) is 0 Å². The molecule has 0 aliphatic carbocycles. The minimum absolute atomic E-state index is 0.152. The lowest BCUT2D eigenvalue weighted by Crippen LogP contribution is -2.23. The molecule has 0 heterocycles. The summed E-state index contributed by atoms with van der Waals surface area (Å²) >= 11 is 0. The van der Waals surface area contributed by atoms with Crippen LogP contribution in [0.4, 0.5) is 5.69 Å². The molecule has 0 radical (unpaired) electrons. The number of rotatable bonds is 7. The Morgan fingerprint density at radius 3 is 2.32 bits per heavy atom. The molecule has 0 spiro atoms. The molecule has 1 rings (SSSR count). The molecule has 1 aromatic rings. The molecule has 2 nitrogen and oxygen atoms in total. The second-order valence-corrected chi connectivity index (χ2v) is 5.23. The van der Waals surface area contributed by atoms with Crippen LogP contribution in [-0.4, -0.2) is 5.91 Å². The van der Waals surface area contributed by atoms with Crippen molar-refractivity contribution in [2.75, 3.05) is 5.32 Å². The molecule has 1 N–H and O–H groups in total. The van der Waals surface area contributed by atoms with E-state index in [1.165, 1.54) is 5.56 Å². The molecule has 1 amide bonds. The summed E-state index contributed by atoms with van der Waals surface area (Å²) in [6.07, 6.45) is 5.03. The van der Waals surface area contributed by atoms with Crippen LogP contribution in [0, 0.1) is 12.8 Å². The zero-order valence-electron chi connectivity index (χ0n) is 12.8. The van der Waals surface area contributed by atoms with Gasteiger partial charge in [0.2, 0.25) is 5.91 Å². The van der Waals surface area contributed by atoms with Gasteiger partial charge in [-0.15, -0.1) is 0 Å². The van der Waals surface area contributed by atoms with E-state index >= 15 is 0 Å². The highest BCUT2D eigenvalue weighted by molar-refractivity contribution is 5.94. The number of benzene rings is 1. The van der Waals surface area contributed by atoms with Crippen LogP contribution in [0.5, 0.6) is 0 Å². The van der Waals surface area contributed by atoms with Crippen LogP contribution in [0.1, 0.15) is 57.6 Å². The van der Waals surface area contributed by atoms with Gasteiger partial charge < -0.3 is 5.32 Å². The minimum Gasteiger partial charge on any atom is -0.325 e. The van der Waals surface area contributed by atoms with Gasteiger partial charge in [-0.25, -0.2) is 0 Å². The van der Waals surface area contributed by atoms with E-state index in [0.717, 1.165) is 43.4 Å². The van der Waals surface area contributed by atoms with Crippen molar-refractivity contribution in [3.05, 3.63) is 29.3 Å². The first-order valence-electron chi connectivity index (χ1n) is 7.53. The number of aryl methyl sites for hydroxylation is 2. The molecule has 19 heavy (non-hydrogen) atoms. The second kappa shape index (κ2) is 7.98. The zero-order valence-corrected chi connectivity index (χ0v) is 12.8. The molecule has 0 fully saturated rings. The van der Waals surface area contributed by atoms with Crippen LogP contribution in [0.3, 0.4) is 0 Å². The number of carbonyl (C=O) groups is 1. The third kappa shape index (κ3) is 4.38. The lowest BCUT2D eigenvalue weighted by Gasteiger charge is -2.18. The number of carbonyl (C=O) groups excluding carboxylic acids is 1. The van der Waals surface area contributed by atoms with Gasteiger partial charge in [0.05, 0.1) is 0 Å². The van der Waals surface area contributed by atoms with Crippen molar-refractivity contribution >= 4 is 11.6 Å². The molecule has 0 saturated carbocycles. The Morgan fingerprint density at radius 2 is 1.79 bits per heavy atom. The van der Waals surface area contributed by atoms with Crippen molar-refractivity contribution < 1.29 is 4.79 Å². The smallest absolute Gasteiger partial charge is 0.227 e. The summed E-state index contributed by atoms with van der Waals surface area (Å²) < 4.78 is 0. The van der Waals surface area contributed by atoms with Crippen LogP contribution < -0.4 is 5.32 Å². The number of para-hydroxylation sites is 1. The standard InChI is InChI=1S/C17H27NO/c1-5-9-15(10-6-2)17(19)18-16-13(4)11-8-12-14(16)7-3/h8,11-12,15H,5-7,9-10H2,1-4H3,(H,18,19). The van der Waals surface area contributed by atoms with E-state index in [0.29, 0.717) is 0 Å². The number of anilines is 1. The van der Waals surface area contributed by atoms with Gasteiger partial charge in [0.15, 0.2) is 0 Å². The first-order chi connectivity index (χ1) is 9.13. The number of nitrogens with one attached hydrogen (secondary N) is 1. The maximum absolute atomic E-state index is 12.4. The molecule has 0 atom stereocenters. The van der Waals surface area contributed by atoms with Gasteiger partial charge in [0.1, 0.15) is 0 Å². The van der Waals surface area contributed by atoms with Gasteiger partial charge in [-0.1, -0.05) is 51.8 Å². The Bertz CT molecular complexity index is 406. The summed E-state index contributed by atoms with van der Waals surface area (Å²) in [7, 11) is 0. The van der Waals surface area contributed by atoms with Gasteiger partial charge in [-0.2, -0.15) is 0 Å². The minimum atomic E-state index is 0.152. The lowest BCUT2D eigenvalue weighted by atomic mass is 9.96. The Balaban J connectivity index is 2.85. The molecule has 0 unspecified atom stereocenters. The van der Waals surface area contributed by atoms with Gasteiger partial charge >= 0.3 is 0 Å². The number of hydrogen-bond acceptors (Lipinski definition) is 1. The summed E-state index contributed by atoms with van der Waals surface area (Å²) in [5, 5.41) is 3.16. The molecular weight excluding hydrogens is 234 g/mol. The van der Waals surface area contributed by atoms with E-state index in [1.807, 2.05) is 0 Å². The van der Waals surface area contributed by atoms with E-state index in [9.17, 15) is 4.79 Å². The fourth-order valence-corrected chi connectivity index (χ4v) is 2.53. The van der Waals surface area contributed by atoms with Crippen LogP contribution in [0.25, 0.3) is 0 Å². The quantitative estimate of drug-likeness (QED) is 0.756. The van der Waals surface area contributed by atoms with E-state index in [4.69, 9.17) is 0 Å². The van der Waals surface area contributed by atoms with E-state index in [-0.39, 0.29) is 11.8 Å². The second-order valence-electron chi connectivity index (χ2n) is 5.23. The third-order valence-electron chi connectivity index (χ3n) is 3.63. The highest BCUT2D eigenvalue weighted by atomic mass is 16.1. The number of amides is 1. The van der Waals surface area contributed by atoms with Crippen LogP contribution in [0.15, 0.2) is 18.2 Å². The van der Waals surface area contributed by atoms with Gasteiger partial charge in [0, 0.05) is 11.6 Å². The first kappa shape index (κ1) is 15.7. The van der Waals surface area contributed by atoms with Gasteiger partial charge in [-0.3, -0.25) is 4.79 Å². The largest absolute Gasteiger partial charge is 0.325 e. The lowest BCUT2D eigenvalue weighted by molar-refractivity contribution is -0.120. The highest BCUT2D eigenvalue weighted by Gasteiger charge is 2.18. The van der Waals surface area contributed by atoms with Crippen molar-refractivity contribution in [3.63, 3.8) is 0 Å². The molecular formula is C17H27NO. The molecule has 106 valence electrons. The first-order valence-corrected chi connectivity index (χ1v) is 7.53. The van der Waals surface area contributed by atoms with E-state index in [1.54, 1.807) is 0 Å². The average Bonchev–Trinajstić information content (AvgIpc) is 2.40. The van der Waals surface area contributed by atoms with Crippen LogP contribution >= 0.6 is 0 Å². The SMILES string of the molecule is CCCC(CCC)C(=O)Nc1c(C)cccc1CC. The highest BCUT2D eigenvalue weighted by Crippen LogP contribution is 2.23. The van der Waals surface area contributed by atoms with Crippen molar-refractivity contribution in [1.29, 1.82) is 0 Å². The zero-order chi connectivity index (χ0) is 14.3. The van der Waals surface area contributed by atoms with E-state index < -0.39 is 0 Å². The molecule has 0 aliphatic rings. The van der Waals surface area contributed by atoms with Gasteiger partial charge in [-0.05, 0) is 37.3 Å². The van der Waals surface area contributed by atoms with Crippen molar-refractivity contribution in [2.45, 2.75) is 59.8 Å². The molecule has 2 heteroatoms. The Morgan fingerprint density at radius 1 is 1.16 bits per heavy atom. The van der Waals surface area contributed by atoms with Gasteiger partial charge in [0.25, 0.3) is 0 Å². The maximum atomic E-state index is 12.4. The number of hydrogen-bond donors (Lipinski definition) is 1. The molecule has 0 bridgehead atoms. The van der Waals surface area contributed by atoms with Crippen molar-refractivity contribution in [2.24, 2.45) is 5.92 Å². The molecule has 0 saturated heterocycles.